The first kappa shape index (κ1) is 17.2. The molecule has 126 valence electrons. The van der Waals surface area contributed by atoms with Gasteiger partial charge in [0, 0.05) is 28.1 Å². The second kappa shape index (κ2) is 6.37. The van der Waals surface area contributed by atoms with Crippen molar-refractivity contribution in [2.24, 2.45) is 0 Å². The molecule has 0 aliphatic heterocycles. The molecular formula is C18H10BrF3N2O. The molecule has 0 radical (unpaired) electrons. The van der Waals surface area contributed by atoms with Gasteiger partial charge in [-0.05, 0) is 35.9 Å². The Labute approximate surface area is 149 Å². The molecule has 3 rings (SSSR count). The van der Waals surface area contributed by atoms with Crippen LogP contribution >= 0.6 is 15.9 Å². The van der Waals surface area contributed by atoms with E-state index in [9.17, 15) is 18.0 Å². The summed E-state index contributed by atoms with van der Waals surface area (Å²) in [6.07, 6.45) is -3.71. The van der Waals surface area contributed by atoms with Crippen LogP contribution < -0.4 is 0 Å². The number of benzene rings is 2. The minimum absolute atomic E-state index is 0.241. The lowest BCUT2D eigenvalue weighted by molar-refractivity contribution is -0.0884. The van der Waals surface area contributed by atoms with Crippen molar-refractivity contribution < 1.29 is 18.0 Å². The van der Waals surface area contributed by atoms with E-state index in [1.165, 1.54) is 12.3 Å². The van der Waals surface area contributed by atoms with Gasteiger partial charge < -0.3 is 4.57 Å². The summed E-state index contributed by atoms with van der Waals surface area (Å²) in [7, 11) is 0. The molecule has 0 bridgehead atoms. The number of hydrogen-bond acceptors (Lipinski definition) is 2. The SMILES string of the molecule is N#Cc1ccc(Cn2cc(C(=O)C(F)(F)F)c3cc(Br)ccc32)cc1. The van der Waals surface area contributed by atoms with Crippen molar-refractivity contribution in [3.8, 4) is 6.07 Å². The van der Waals surface area contributed by atoms with Crippen LogP contribution in [0.5, 0.6) is 0 Å². The van der Waals surface area contributed by atoms with Crippen LogP contribution in [-0.2, 0) is 6.54 Å². The quantitative estimate of drug-likeness (QED) is 0.570. The van der Waals surface area contributed by atoms with E-state index in [0.717, 1.165) is 5.56 Å². The maximum atomic E-state index is 12.9. The Morgan fingerprint density at radius 3 is 2.44 bits per heavy atom. The zero-order valence-electron chi connectivity index (χ0n) is 12.6. The maximum Gasteiger partial charge on any atom is 0.454 e. The molecule has 0 saturated carbocycles. The molecule has 2 aromatic carbocycles. The number of fused-ring (bicyclic) bond motifs is 1. The van der Waals surface area contributed by atoms with Crippen LogP contribution in [0.25, 0.3) is 10.9 Å². The van der Waals surface area contributed by atoms with E-state index < -0.39 is 12.0 Å². The molecule has 0 unspecified atom stereocenters. The van der Waals surface area contributed by atoms with E-state index >= 15 is 0 Å². The number of nitriles is 1. The van der Waals surface area contributed by atoms with Gasteiger partial charge in [-0.15, -0.1) is 0 Å². The van der Waals surface area contributed by atoms with E-state index in [4.69, 9.17) is 5.26 Å². The largest absolute Gasteiger partial charge is 0.454 e. The van der Waals surface area contributed by atoms with Crippen molar-refractivity contribution in [1.82, 2.24) is 4.57 Å². The summed E-state index contributed by atoms with van der Waals surface area (Å²) in [5.74, 6) is -1.87. The van der Waals surface area contributed by atoms with Crippen LogP contribution in [0.1, 0.15) is 21.5 Å². The summed E-state index contributed by atoms with van der Waals surface area (Å²) in [5.41, 5.74) is 1.46. The van der Waals surface area contributed by atoms with Gasteiger partial charge >= 0.3 is 6.18 Å². The number of carbonyl (C=O) groups excluding carboxylic acids is 1. The van der Waals surface area contributed by atoms with Crippen molar-refractivity contribution in [3.63, 3.8) is 0 Å². The maximum absolute atomic E-state index is 12.9. The van der Waals surface area contributed by atoms with E-state index in [2.05, 4.69) is 15.9 Å². The monoisotopic (exact) mass is 406 g/mol. The Balaban J connectivity index is 2.09. The molecule has 1 aromatic heterocycles. The first-order valence-electron chi connectivity index (χ1n) is 7.18. The van der Waals surface area contributed by atoms with Gasteiger partial charge in [0.05, 0.1) is 17.2 Å². The van der Waals surface area contributed by atoms with Gasteiger partial charge in [0.25, 0.3) is 5.78 Å². The van der Waals surface area contributed by atoms with E-state index in [1.807, 2.05) is 6.07 Å². The normalized spacial score (nSPS) is 11.5. The molecule has 0 saturated heterocycles. The van der Waals surface area contributed by atoms with Gasteiger partial charge in [0.15, 0.2) is 0 Å². The summed E-state index contributed by atoms with van der Waals surface area (Å²) in [6.45, 7) is 0.287. The molecule has 0 N–H and O–H groups in total. The molecule has 0 spiro atoms. The highest BCUT2D eigenvalue weighted by Crippen LogP contribution is 2.31. The number of alkyl halides is 3. The highest BCUT2D eigenvalue weighted by molar-refractivity contribution is 9.10. The molecule has 3 aromatic rings. The summed E-state index contributed by atoms with van der Waals surface area (Å²) < 4.78 is 40.8. The molecule has 0 fully saturated rings. The Hall–Kier alpha value is -2.59. The number of Topliss-reactive ketones (excluding diaryl/α,β-unsaturated/α-hetero) is 1. The summed E-state index contributed by atoms with van der Waals surface area (Å²) in [4.78, 5) is 11.8. The number of ketones is 1. The lowest BCUT2D eigenvalue weighted by Crippen LogP contribution is -2.22. The van der Waals surface area contributed by atoms with E-state index in [-0.39, 0.29) is 17.5 Å². The predicted molar refractivity (Wildman–Crippen MR) is 90.3 cm³/mol. The van der Waals surface area contributed by atoms with Gasteiger partial charge in [-0.1, -0.05) is 28.1 Å². The van der Waals surface area contributed by atoms with Gasteiger partial charge in [0.1, 0.15) is 0 Å². The molecule has 3 nitrogen and oxygen atoms in total. The van der Waals surface area contributed by atoms with Crippen LogP contribution in [-0.4, -0.2) is 16.5 Å². The molecule has 1 heterocycles. The summed E-state index contributed by atoms with van der Waals surface area (Å²) in [6, 6.07) is 13.6. The smallest absolute Gasteiger partial charge is 0.342 e. The Morgan fingerprint density at radius 1 is 1.16 bits per heavy atom. The fourth-order valence-electron chi connectivity index (χ4n) is 2.62. The predicted octanol–water partition coefficient (Wildman–Crippen LogP) is 5.07. The topological polar surface area (TPSA) is 45.8 Å². The number of halogens is 4. The lowest BCUT2D eigenvalue weighted by Gasteiger charge is -2.06. The van der Waals surface area contributed by atoms with Crippen LogP contribution in [0, 0.1) is 11.3 Å². The first-order chi connectivity index (χ1) is 11.8. The highest BCUT2D eigenvalue weighted by atomic mass is 79.9. The molecule has 0 aliphatic rings. The van der Waals surface area contributed by atoms with Crippen LogP contribution in [0.3, 0.4) is 0 Å². The molecule has 0 amide bonds. The lowest BCUT2D eigenvalue weighted by atomic mass is 10.1. The average Bonchev–Trinajstić information content (AvgIpc) is 2.91. The number of rotatable bonds is 3. The van der Waals surface area contributed by atoms with Gasteiger partial charge in [0.2, 0.25) is 0 Å². The third-order valence-corrected chi connectivity index (χ3v) is 4.27. The molecular weight excluding hydrogens is 397 g/mol. The van der Waals surface area contributed by atoms with E-state index in [0.29, 0.717) is 15.6 Å². The first-order valence-corrected chi connectivity index (χ1v) is 7.98. The fraction of sp³-hybridized carbons (Fsp3) is 0.111. The molecule has 0 atom stereocenters. The average molecular weight is 407 g/mol. The number of nitrogens with zero attached hydrogens (tertiary/aromatic N) is 2. The Kier molecular flexibility index (Phi) is 4.39. The number of aromatic nitrogens is 1. The van der Waals surface area contributed by atoms with Gasteiger partial charge in [-0.2, -0.15) is 18.4 Å². The highest BCUT2D eigenvalue weighted by Gasteiger charge is 2.40. The summed E-state index contributed by atoms with van der Waals surface area (Å²) >= 11 is 3.23. The van der Waals surface area contributed by atoms with Crippen molar-refractivity contribution in [2.75, 3.05) is 0 Å². The standard InChI is InChI=1S/C18H10BrF3N2O/c19-13-5-6-16-14(7-13)15(17(25)18(20,21)22)10-24(16)9-12-3-1-11(8-23)2-4-12/h1-7,10H,9H2. The minimum Gasteiger partial charge on any atom is -0.342 e. The van der Waals surface area contributed by atoms with Gasteiger partial charge in [-0.25, -0.2) is 0 Å². The molecule has 7 heteroatoms. The number of hydrogen-bond donors (Lipinski definition) is 0. The van der Waals surface area contributed by atoms with Crippen molar-refractivity contribution >= 4 is 32.6 Å². The van der Waals surface area contributed by atoms with Crippen molar-refractivity contribution in [2.45, 2.75) is 12.7 Å². The number of carbonyl (C=O) groups is 1. The van der Waals surface area contributed by atoms with Crippen LogP contribution in [0.4, 0.5) is 13.2 Å². The van der Waals surface area contributed by atoms with Gasteiger partial charge in [-0.3, -0.25) is 4.79 Å². The Morgan fingerprint density at radius 2 is 1.84 bits per heavy atom. The second-order valence-corrected chi connectivity index (χ2v) is 6.38. The van der Waals surface area contributed by atoms with E-state index in [1.54, 1.807) is 41.0 Å². The Bertz CT molecular complexity index is 998. The fourth-order valence-corrected chi connectivity index (χ4v) is 2.98. The zero-order valence-corrected chi connectivity index (χ0v) is 14.2. The van der Waals surface area contributed by atoms with Crippen molar-refractivity contribution in [3.05, 3.63) is 69.8 Å². The molecule has 0 aliphatic carbocycles. The third kappa shape index (κ3) is 3.44. The summed E-state index contributed by atoms with van der Waals surface area (Å²) in [5, 5.41) is 9.06. The molecule has 25 heavy (non-hydrogen) atoms. The van der Waals surface area contributed by atoms with Crippen LogP contribution in [0.2, 0.25) is 0 Å². The van der Waals surface area contributed by atoms with Crippen LogP contribution in [0.15, 0.2) is 53.1 Å². The second-order valence-electron chi connectivity index (χ2n) is 5.47. The minimum atomic E-state index is -4.93. The zero-order chi connectivity index (χ0) is 18.2. The van der Waals surface area contributed by atoms with Crippen molar-refractivity contribution in [1.29, 1.82) is 5.26 Å². The third-order valence-electron chi connectivity index (χ3n) is 3.78.